The molecule has 0 saturated carbocycles. The number of rotatable bonds is 2. The lowest BCUT2D eigenvalue weighted by Crippen LogP contribution is -2.37. The molecule has 0 bridgehead atoms. The van der Waals surface area contributed by atoms with Crippen molar-refractivity contribution in [3.05, 3.63) is 58.3 Å². The van der Waals surface area contributed by atoms with Gasteiger partial charge in [-0.1, -0.05) is 6.07 Å². The maximum absolute atomic E-state index is 13.4. The number of nitrogens with zero attached hydrogens (tertiary/aromatic N) is 6. The molecule has 0 N–H and O–H groups in total. The molecule has 188 valence electrons. The van der Waals surface area contributed by atoms with Crippen molar-refractivity contribution in [3.63, 3.8) is 0 Å². The van der Waals surface area contributed by atoms with Crippen LogP contribution in [0.3, 0.4) is 0 Å². The van der Waals surface area contributed by atoms with Gasteiger partial charge in [0.2, 0.25) is 0 Å². The third-order valence-corrected chi connectivity index (χ3v) is 6.53. The minimum Gasteiger partial charge on any atom is -0.444 e. The number of ether oxygens (including phenoxy) is 1. The molecule has 1 aliphatic rings. The smallest absolute Gasteiger partial charge is 0.410 e. The molecule has 1 aromatic carbocycles. The largest absolute Gasteiger partial charge is 0.444 e. The SMILES string of the molecule is Cc1cn2nc(-c3ccc4c(=O)n(C5CCCN(C(=O)OC(C)(C)C)CC5)ncc4c3)cc(C)c2n1. The van der Waals surface area contributed by atoms with Crippen LogP contribution in [0.15, 0.2) is 41.5 Å². The van der Waals surface area contributed by atoms with Crippen LogP contribution >= 0.6 is 0 Å². The summed E-state index contributed by atoms with van der Waals surface area (Å²) in [5.41, 5.74) is 3.88. The van der Waals surface area contributed by atoms with Crippen molar-refractivity contribution in [3.8, 4) is 11.3 Å². The van der Waals surface area contributed by atoms with Gasteiger partial charge in [0.05, 0.1) is 35.2 Å². The predicted octanol–water partition coefficient (Wildman–Crippen LogP) is 4.69. The van der Waals surface area contributed by atoms with Gasteiger partial charge in [0.25, 0.3) is 5.56 Å². The Kier molecular flexibility index (Phi) is 6.02. The van der Waals surface area contributed by atoms with Crippen LogP contribution in [-0.4, -0.2) is 54.1 Å². The third-order valence-electron chi connectivity index (χ3n) is 6.53. The number of fused-ring (bicyclic) bond motifs is 2. The molecule has 36 heavy (non-hydrogen) atoms. The molecule has 1 unspecified atom stereocenters. The van der Waals surface area contributed by atoms with Crippen LogP contribution in [0.2, 0.25) is 0 Å². The molecule has 9 heteroatoms. The van der Waals surface area contributed by atoms with Gasteiger partial charge in [-0.25, -0.2) is 19.0 Å². The molecule has 1 saturated heterocycles. The van der Waals surface area contributed by atoms with Crippen LogP contribution in [0.5, 0.6) is 0 Å². The Balaban J connectivity index is 1.40. The third kappa shape index (κ3) is 4.69. The van der Waals surface area contributed by atoms with E-state index in [1.165, 1.54) is 0 Å². The lowest BCUT2D eigenvalue weighted by molar-refractivity contribution is 0.0255. The Labute approximate surface area is 209 Å². The number of aromatic nitrogens is 5. The summed E-state index contributed by atoms with van der Waals surface area (Å²) < 4.78 is 8.91. The first kappa shape index (κ1) is 24.0. The standard InChI is InChI=1S/C27H32N6O3/c1-17-13-23(30-32-16-18(2)29-24(17)32)19-8-9-22-20(14-19)15-28-33(25(22)34)21-7-6-11-31(12-10-21)26(35)36-27(3,4)5/h8-9,13-16,21H,6-7,10-12H2,1-5H3. The number of amides is 1. The van der Waals surface area contributed by atoms with E-state index in [0.717, 1.165) is 46.4 Å². The van der Waals surface area contributed by atoms with E-state index in [4.69, 9.17) is 9.84 Å². The van der Waals surface area contributed by atoms with Crippen LogP contribution in [0.25, 0.3) is 27.7 Å². The number of benzene rings is 1. The van der Waals surface area contributed by atoms with Gasteiger partial charge in [-0.3, -0.25) is 4.79 Å². The molecule has 0 radical (unpaired) electrons. The van der Waals surface area contributed by atoms with Gasteiger partial charge < -0.3 is 9.64 Å². The zero-order chi connectivity index (χ0) is 25.6. The zero-order valence-corrected chi connectivity index (χ0v) is 21.5. The van der Waals surface area contributed by atoms with Crippen molar-refractivity contribution in [2.75, 3.05) is 13.1 Å². The van der Waals surface area contributed by atoms with E-state index in [1.54, 1.807) is 20.3 Å². The Morgan fingerprint density at radius 2 is 1.92 bits per heavy atom. The highest BCUT2D eigenvalue weighted by Crippen LogP contribution is 2.26. The molecule has 1 amide bonds. The maximum Gasteiger partial charge on any atom is 0.410 e. The van der Waals surface area contributed by atoms with Crippen molar-refractivity contribution >= 4 is 22.5 Å². The number of aryl methyl sites for hydroxylation is 2. The Hall–Kier alpha value is -3.75. The van der Waals surface area contributed by atoms with Crippen molar-refractivity contribution in [1.82, 2.24) is 29.3 Å². The van der Waals surface area contributed by atoms with E-state index in [0.29, 0.717) is 24.9 Å². The predicted molar refractivity (Wildman–Crippen MR) is 138 cm³/mol. The first-order valence-electron chi connectivity index (χ1n) is 12.4. The quantitative estimate of drug-likeness (QED) is 0.406. The lowest BCUT2D eigenvalue weighted by atomic mass is 10.1. The average molecular weight is 489 g/mol. The monoisotopic (exact) mass is 488 g/mol. The van der Waals surface area contributed by atoms with Crippen LogP contribution in [0, 0.1) is 13.8 Å². The molecule has 9 nitrogen and oxygen atoms in total. The van der Waals surface area contributed by atoms with Gasteiger partial charge >= 0.3 is 6.09 Å². The Bertz CT molecular complexity index is 1510. The second-order valence-electron chi connectivity index (χ2n) is 10.6. The van der Waals surface area contributed by atoms with Gasteiger partial charge in [-0.2, -0.15) is 10.2 Å². The highest BCUT2D eigenvalue weighted by Gasteiger charge is 2.26. The molecule has 4 aromatic rings. The van der Waals surface area contributed by atoms with Gasteiger partial charge in [-0.05, 0) is 77.6 Å². The minimum absolute atomic E-state index is 0.0646. The molecular weight excluding hydrogens is 456 g/mol. The molecule has 3 aromatic heterocycles. The Morgan fingerprint density at radius 1 is 1.11 bits per heavy atom. The molecule has 5 rings (SSSR count). The van der Waals surface area contributed by atoms with E-state index < -0.39 is 5.60 Å². The van der Waals surface area contributed by atoms with Gasteiger partial charge in [0.1, 0.15) is 5.60 Å². The summed E-state index contributed by atoms with van der Waals surface area (Å²) in [6.45, 7) is 10.7. The summed E-state index contributed by atoms with van der Waals surface area (Å²) in [6.07, 6.45) is 5.58. The fraction of sp³-hybridized carbons (Fsp3) is 0.444. The number of carbonyl (C=O) groups is 1. The molecule has 0 spiro atoms. The van der Waals surface area contributed by atoms with Crippen molar-refractivity contribution < 1.29 is 9.53 Å². The van der Waals surface area contributed by atoms with Crippen LogP contribution in [0.1, 0.15) is 57.3 Å². The highest BCUT2D eigenvalue weighted by atomic mass is 16.6. The second kappa shape index (κ2) is 9.04. The van der Waals surface area contributed by atoms with Crippen LogP contribution in [-0.2, 0) is 4.74 Å². The normalized spacial score (nSPS) is 16.9. The van der Waals surface area contributed by atoms with Crippen LogP contribution < -0.4 is 5.56 Å². The van der Waals surface area contributed by atoms with Gasteiger partial charge in [0, 0.05) is 24.0 Å². The van der Waals surface area contributed by atoms with Crippen LogP contribution in [0.4, 0.5) is 4.79 Å². The van der Waals surface area contributed by atoms with E-state index in [1.807, 2.05) is 65.1 Å². The van der Waals surface area contributed by atoms with Crippen molar-refractivity contribution in [2.24, 2.45) is 0 Å². The van der Waals surface area contributed by atoms with Gasteiger partial charge in [0.15, 0.2) is 5.65 Å². The second-order valence-corrected chi connectivity index (χ2v) is 10.6. The number of hydrogen-bond acceptors (Lipinski definition) is 6. The first-order chi connectivity index (χ1) is 17.1. The topological polar surface area (TPSA) is 94.6 Å². The summed E-state index contributed by atoms with van der Waals surface area (Å²) in [6, 6.07) is 7.70. The molecule has 4 heterocycles. The minimum atomic E-state index is -0.532. The number of imidazole rings is 1. The van der Waals surface area contributed by atoms with E-state index in [-0.39, 0.29) is 17.7 Å². The summed E-state index contributed by atoms with van der Waals surface area (Å²) in [7, 11) is 0. The molecule has 1 atom stereocenters. The fourth-order valence-electron chi connectivity index (χ4n) is 4.80. The molecular formula is C27H32N6O3. The van der Waals surface area contributed by atoms with E-state index in [9.17, 15) is 9.59 Å². The molecule has 1 fully saturated rings. The fourth-order valence-corrected chi connectivity index (χ4v) is 4.80. The average Bonchev–Trinajstić information content (AvgIpc) is 3.03. The summed E-state index contributed by atoms with van der Waals surface area (Å²) in [5.74, 6) is 0. The maximum atomic E-state index is 13.4. The Morgan fingerprint density at radius 3 is 2.69 bits per heavy atom. The summed E-state index contributed by atoms with van der Waals surface area (Å²) in [5, 5.41) is 10.7. The summed E-state index contributed by atoms with van der Waals surface area (Å²) >= 11 is 0. The van der Waals surface area contributed by atoms with Gasteiger partial charge in [-0.15, -0.1) is 0 Å². The zero-order valence-electron chi connectivity index (χ0n) is 21.5. The lowest BCUT2D eigenvalue weighted by Gasteiger charge is -2.26. The van der Waals surface area contributed by atoms with Crippen molar-refractivity contribution in [1.29, 1.82) is 0 Å². The molecule has 1 aliphatic heterocycles. The molecule has 0 aliphatic carbocycles. The highest BCUT2D eigenvalue weighted by molar-refractivity contribution is 5.85. The first-order valence-corrected chi connectivity index (χ1v) is 12.4. The van der Waals surface area contributed by atoms with Crippen molar-refractivity contribution in [2.45, 2.75) is 65.5 Å². The number of hydrogen-bond donors (Lipinski definition) is 0. The number of carbonyl (C=O) groups excluding carboxylic acids is 1. The van der Waals surface area contributed by atoms with E-state index >= 15 is 0 Å². The number of likely N-dealkylation sites (tertiary alicyclic amines) is 1. The summed E-state index contributed by atoms with van der Waals surface area (Å²) in [4.78, 5) is 32.1. The van der Waals surface area contributed by atoms with E-state index in [2.05, 4.69) is 10.1 Å².